The van der Waals surface area contributed by atoms with E-state index in [1.165, 1.54) is 5.57 Å². The van der Waals surface area contributed by atoms with Crippen LogP contribution in [0.2, 0.25) is 0 Å². The van der Waals surface area contributed by atoms with Crippen molar-refractivity contribution in [1.82, 2.24) is 0 Å². The van der Waals surface area contributed by atoms with Crippen LogP contribution in [0.15, 0.2) is 52.6 Å². The number of carbonyl (C=O) groups excluding carboxylic acids is 2. The van der Waals surface area contributed by atoms with Gasteiger partial charge in [0.1, 0.15) is 12.4 Å². The van der Waals surface area contributed by atoms with Crippen LogP contribution in [-0.2, 0) is 9.53 Å². The van der Waals surface area contributed by atoms with Crippen molar-refractivity contribution in [3.63, 3.8) is 0 Å². The highest BCUT2D eigenvalue weighted by Crippen LogP contribution is 2.66. The van der Waals surface area contributed by atoms with Gasteiger partial charge in [-0.25, -0.2) is 4.79 Å². The van der Waals surface area contributed by atoms with Gasteiger partial charge in [-0.2, -0.15) is 0 Å². The van der Waals surface area contributed by atoms with Crippen molar-refractivity contribution in [2.45, 2.75) is 64.9 Å². The first-order valence-corrected chi connectivity index (χ1v) is 12.0. The van der Waals surface area contributed by atoms with Crippen molar-refractivity contribution >= 4 is 23.9 Å². The summed E-state index contributed by atoms with van der Waals surface area (Å²) in [5, 5.41) is 0.822. The molecule has 1 aromatic carbocycles. The van der Waals surface area contributed by atoms with E-state index in [0.29, 0.717) is 23.3 Å². The van der Waals surface area contributed by atoms with E-state index in [9.17, 15) is 9.59 Å². The SMILES string of the molecule is C[C@]12CC[C@H](OC(=O)c3ccccc3)CC1=CCC1C2CC[C@]2(C)C(Cl)=C(C=O)CC12. The third kappa shape index (κ3) is 3.23. The molecule has 4 aliphatic carbocycles. The number of rotatable bonds is 3. The molecule has 6 atom stereocenters. The monoisotopic (exact) mass is 438 g/mol. The molecule has 0 heterocycles. The molecule has 3 nitrogen and oxygen atoms in total. The van der Waals surface area contributed by atoms with Crippen molar-refractivity contribution in [2.75, 3.05) is 0 Å². The average molecular weight is 439 g/mol. The lowest BCUT2D eigenvalue weighted by atomic mass is 9.48. The molecule has 2 fully saturated rings. The molecule has 0 spiro atoms. The van der Waals surface area contributed by atoms with Crippen molar-refractivity contribution in [1.29, 1.82) is 0 Å². The normalized spacial score (nSPS) is 39.1. The molecule has 1 aromatic rings. The molecule has 0 saturated heterocycles. The van der Waals surface area contributed by atoms with Crippen molar-refractivity contribution < 1.29 is 14.3 Å². The van der Waals surface area contributed by atoms with Gasteiger partial charge >= 0.3 is 5.97 Å². The molecule has 164 valence electrons. The quantitative estimate of drug-likeness (QED) is 0.308. The molecule has 0 amide bonds. The lowest BCUT2D eigenvalue weighted by Crippen LogP contribution is -2.50. The topological polar surface area (TPSA) is 43.4 Å². The van der Waals surface area contributed by atoms with Gasteiger partial charge < -0.3 is 4.74 Å². The zero-order valence-corrected chi connectivity index (χ0v) is 19.2. The second-order valence-electron chi connectivity index (χ2n) is 10.5. The van der Waals surface area contributed by atoms with Crippen LogP contribution in [0.1, 0.15) is 69.2 Å². The number of halogens is 1. The van der Waals surface area contributed by atoms with E-state index in [2.05, 4.69) is 19.9 Å². The van der Waals surface area contributed by atoms with Gasteiger partial charge in [0.15, 0.2) is 0 Å². The Bertz CT molecular complexity index is 964. The summed E-state index contributed by atoms with van der Waals surface area (Å²) in [5.74, 6) is 1.43. The van der Waals surface area contributed by atoms with Crippen LogP contribution in [0.3, 0.4) is 0 Å². The van der Waals surface area contributed by atoms with Crippen LogP contribution < -0.4 is 0 Å². The summed E-state index contributed by atoms with van der Waals surface area (Å²) in [6, 6.07) is 9.28. The molecule has 0 aromatic heterocycles. The van der Waals surface area contributed by atoms with E-state index in [1.54, 1.807) is 0 Å². The Labute approximate surface area is 189 Å². The molecule has 0 aliphatic heterocycles. The molecular formula is C27H31ClO3. The van der Waals surface area contributed by atoms with Gasteiger partial charge in [-0.05, 0) is 73.8 Å². The summed E-state index contributed by atoms with van der Waals surface area (Å²) in [5.41, 5.74) is 3.05. The van der Waals surface area contributed by atoms with Crippen LogP contribution in [-0.4, -0.2) is 18.4 Å². The fraction of sp³-hybridized carbons (Fsp3) is 0.556. The highest BCUT2D eigenvalue weighted by molar-refractivity contribution is 6.32. The first kappa shape index (κ1) is 21.0. The number of ether oxygens (including phenoxy) is 1. The minimum absolute atomic E-state index is 0.0386. The van der Waals surface area contributed by atoms with Crippen LogP contribution in [0.4, 0.5) is 0 Å². The van der Waals surface area contributed by atoms with E-state index in [-0.39, 0.29) is 22.9 Å². The second kappa shape index (κ2) is 7.62. The number of hydrogen-bond donors (Lipinski definition) is 0. The third-order valence-electron chi connectivity index (χ3n) is 9.10. The molecule has 3 unspecified atom stereocenters. The Morgan fingerprint density at radius 2 is 1.81 bits per heavy atom. The minimum Gasteiger partial charge on any atom is -0.458 e. The molecule has 2 saturated carbocycles. The fourth-order valence-corrected chi connectivity index (χ4v) is 7.64. The predicted octanol–water partition coefficient (Wildman–Crippen LogP) is 6.48. The van der Waals surface area contributed by atoms with Gasteiger partial charge in [0.25, 0.3) is 0 Å². The molecule has 5 rings (SSSR count). The Balaban J connectivity index is 1.34. The number of fused-ring (bicyclic) bond motifs is 5. The van der Waals surface area contributed by atoms with Gasteiger partial charge in [-0.15, -0.1) is 0 Å². The van der Waals surface area contributed by atoms with Crippen LogP contribution >= 0.6 is 11.6 Å². The van der Waals surface area contributed by atoms with E-state index in [0.717, 1.165) is 61.8 Å². The van der Waals surface area contributed by atoms with Crippen molar-refractivity contribution in [3.05, 3.63) is 58.1 Å². The Kier molecular flexibility index (Phi) is 5.16. The highest BCUT2D eigenvalue weighted by atomic mass is 35.5. The van der Waals surface area contributed by atoms with E-state index in [1.807, 2.05) is 30.3 Å². The Morgan fingerprint density at radius 1 is 1.06 bits per heavy atom. The molecular weight excluding hydrogens is 408 g/mol. The first-order chi connectivity index (χ1) is 14.9. The van der Waals surface area contributed by atoms with Crippen LogP contribution in [0.5, 0.6) is 0 Å². The molecule has 31 heavy (non-hydrogen) atoms. The molecule has 4 aliphatic rings. The predicted molar refractivity (Wildman–Crippen MR) is 122 cm³/mol. The number of esters is 1. The summed E-state index contributed by atoms with van der Waals surface area (Å²) in [6.45, 7) is 4.70. The summed E-state index contributed by atoms with van der Waals surface area (Å²) in [7, 11) is 0. The molecule has 4 heteroatoms. The Morgan fingerprint density at radius 3 is 2.55 bits per heavy atom. The summed E-state index contributed by atoms with van der Waals surface area (Å²) < 4.78 is 5.89. The molecule has 0 radical (unpaired) electrons. The third-order valence-corrected chi connectivity index (χ3v) is 9.77. The van der Waals surface area contributed by atoms with E-state index in [4.69, 9.17) is 16.3 Å². The lowest BCUT2D eigenvalue weighted by Gasteiger charge is -2.57. The molecule has 0 bridgehead atoms. The number of carbonyl (C=O) groups is 2. The van der Waals surface area contributed by atoms with Gasteiger partial charge in [0, 0.05) is 22.4 Å². The second-order valence-corrected chi connectivity index (χ2v) is 10.9. The summed E-state index contributed by atoms with van der Waals surface area (Å²) in [6.07, 6.45) is 10.3. The van der Waals surface area contributed by atoms with Gasteiger partial charge in [0.2, 0.25) is 0 Å². The van der Waals surface area contributed by atoms with E-state index < -0.39 is 0 Å². The minimum atomic E-state index is -0.218. The standard InChI is InChI=1S/C27H31ClO3/c1-26-12-10-20(31-25(30)17-6-4-3-5-7-17)15-19(26)8-9-21-22(26)11-13-27(2)23(21)14-18(16-29)24(27)28/h3-8,16,20-23H,9-15H2,1-2H3/t20-,21?,22?,23?,26-,27-/m0/s1. The number of aldehydes is 1. The van der Waals surface area contributed by atoms with Crippen LogP contribution in [0.25, 0.3) is 0 Å². The number of allylic oxidation sites excluding steroid dienone is 3. The summed E-state index contributed by atoms with van der Waals surface area (Å²) in [4.78, 5) is 24.1. The highest BCUT2D eigenvalue weighted by Gasteiger charge is 2.58. The van der Waals surface area contributed by atoms with Gasteiger partial charge in [0.05, 0.1) is 5.56 Å². The largest absolute Gasteiger partial charge is 0.458 e. The van der Waals surface area contributed by atoms with Crippen molar-refractivity contribution in [2.24, 2.45) is 28.6 Å². The summed E-state index contributed by atoms with van der Waals surface area (Å²) >= 11 is 6.70. The Hall–Kier alpha value is -1.87. The van der Waals surface area contributed by atoms with Crippen LogP contribution in [0, 0.1) is 28.6 Å². The maximum atomic E-state index is 12.5. The smallest absolute Gasteiger partial charge is 0.338 e. The van der Waals surface area contributed by atoms with Gasteiger partial charge in [-0.3, -0.25) is 4.79 Å². The average Bonchev–Trinajstić information content (AvgIpc) is 3.05. The maximum absolute atomic E-state index is 12.5. The van der Waals surface area contributed by atoms with Gasteiger partial charge in [-0.1, -0.05) is 55.3 Å². The first-order valence-electron chi connectivity index (χ1n) is 11.7. The number of hydrogen-bond acceptors (Lipinski definition) is 3. The molecule has 0 N–H and O–H groups in total. The van der Waals surface area contributed by atoms with Crippen molar-refractivity contribution in [3.8, 4) is 0 Å². The number of benzene rings is 1. The lowest BCUT2D eigenvalue weighted by molar-refractivity contribution is -0.105. The zero-order chi connectivity index (χ0) is 21.8. The maximum Gasteiger partial charge on any atom is 0.338 e. The fourth-order valence-electron chi connectivity index (χ4n) is 7.28. The zero-order valence-electron chi connectivity index (χ0n) is 18.4. The van der Waals surface area contributed by atoms with E-state index >= 15 is 0 Å².